The summed E-state index contributed by atoms with van der Waals surface area (Å²) in [4.78, 5) is 0. The number of hydrogen-bond acceptors (Lipinski definition) is 2. The van der Waals surface area contributed by atoms with Crippen LogP contribution in [0.4, 0.5) is 0 Å². The molecule has 3 heteroatoms. The lowest BCUT2D eigenvalue weighted by molar-refractivity contribution is 0.00578. The quantitative estimate of drug-likeness (QED) is 0.186. The van der Waals surface area contributed by atoms with E-state index in [4.69, 9.17) is 9.31 Å². The first-order valence-electron chi connectivity index (χ1n) is 16.7. The predicted octanol–water partition coefficient (Wildman–Crippen LogP) is 9.05. The third-order valence-corrected chi connectivity index (χ3v) is 11.5. The molecule has 6 aromatic rings. The van der Waals surface area contributed by atoms with Crippen LogP contribution in [0, 0.1) is 0 Å². The summed E-state index contributed by atoms with van der Waals surface area (Å²) < 4.78 is 12.9. The summed E-state index contributed by atoms with van der Waals surface area (Å²) in [6, 6.07) is 56.4. The van der Waals surface area contributed by atoms with E-state index in [0.29, 0.717) is 0 Å². The molecule has 0 aromatic heterocycles. The van der Waals surface area contributed by atoms with E-state index < -0.39 is 29.2 Å². The van der Waals surface area contributed by atoms with Gasteiger partial charge in [0.05, 0.1) is 22.0 Å². The van der Waals surface area contributed by atoms with Crippen LogP contribution in [-0.4, -0.2) is 18.3 Å². The van der Waals surface area contributed by atoms with Crippen molar-refractivity contribution in [2.75, 3.05) is 0 Å². The summed E-state index contributed by atoms with van der Waals surface area (Å²) >= 11 is 0. The zero-order chi connectivity index (χ0) is 32.0. The Bertz CT molecular complexity index is 2140. The largest absolute Gasteiger partial charge is 0.494 e. The van der Waals surface area contributed by atoms with Gasteiger partial charge in [-0.05, 0) is 88.8 Å². The average Bonchev–Trinajstić information content (AvgIpc) is 3.53. The number of rotatable bonds is 4. The summed E-state index contributed by atoms with van der Waals surface area (Å²) in [6.45, 7) is 8.44. The average molecular weight is 609 g/mol. The standard InChI is InChI=1S/C44H37BO2/c1-41(2)42(3,4)47-45(46-41)33-28-26-32(27-29-33)43(30-16-7-5-8-17-30)37-23-13-14-24-38(37)44(31-18-9-6-10-19-31)36-22-12-11-20-34(36)35-21-15-25-39(43)40(35)44/h5-29H,1-4H3. The van der Waals surface area contributed by atoms with Crippen LogP contribution >= 0.6 is 0 Å². The molecule has 1 aliphatic heterocycles. The maximum Gasteiger partial charge on any atom is 0.494 e. The molecular weight excluding hydrogens is 571 g/mol. The Morgan fingerprint density at radius 1 is 0.383 bits per heavy atom. The van der Waals surface area contributed by atoms with Crippen LogP contribution in [0.15, 0.2) is 152 Å². The minimum absolute atomic E-state index is 0.399. The van der Waals surface area contributed by atoms with Gasteiger partial charge in [0.1, 0.15) is 0 Å². The monoisotopic (exact) mass is 608 g/mol. The Morgan fingerprint density at radius 3 is 1.45 bits per heavy atom. The second-order valence-corrected chi connectivity index (χ2v) is 14.3. The predicted molar refractivity (Wildman–Crippen MR) is 191 cm³/mol. The van der Waals surface area contributed by atoms with Crippen LogP contribution in [0.5, 0.6) is 0 Å². The Balaban J connectivity index is 1.37. The maximum atomic E-state index is 6.47. The molecular formula is C44H37BO2. The molecule has 47 heavy (non-hydrogen) atoms. The van der Waals surface area contributed by atoms with E-state index in [1.165, 1.54) is 55.6 Å². The van der Waals surface area contributed by atoms with E-state index in [2.05, 4.69) is 179 Å². The summed E-state index contributed by atoms with van der Waals surface area (Å²) in [5.74, 6) is 0. The third kappa shape index (κ3) is 3.65. The van der Waals surface area contributed by atoms with Crippen molar-refractivity contribution in [2.24, 2.45) is 0 Å². The first kappa shape index (κ1) is 28.5. The van der Waals surface area contributed by atoms with E-state index in [1.807, 2.05) is 0 Å². The van der Waals surface area contributed by atoms with E-state index in [0.717, 1.165) is 5.46 Å². The molecule has 2 nitrogen and oxygen atoms in total. The van der Waals surface area contributed by atoms with Crippen molar-refractivity contribution in [3.8, 4) is 11.1 Å². The maximum absolute atomic E-state index is 6.47. The molecule has 1 saturated heterocycles. The van der Waals surface area contributed by atoms with Crippen molar-refractivity contribution >= 4 is 12.6 Å². The van der Waals surface area contributed by atoms with Crippen LogP contribution in [0.2, 0.25) is 0 Å². The highest BCUT2D eigenvalue weighted by Crippen LogP contribution is 2.65. The SMILES string of the molecule is CC1(C)OB(c2ccc(C3(c4ccccc4)c4ccccc4C4(c5ccccc5)c5ccccc5-c5cccc3c54)cc2)OC1(C)C. The van der Waals surface area contributed by atoms with Crippen LogP contribution in [-0.2, 0) is 20.1 Å². The van der Waals surface area contributed by atoms with Crippen LogP contribution in [0.3, 0.4) is 0 Å². The Labute approximate surface area is 278 Å². The van der Waals surface area contributed by atoms with Gasteiger partial charge in [0.2, 0.25) is 0 Å². The Morgan fingerprint density at radius 2 is 0.830 bits per heavy atom. The van der Waals surface area contributed by atoms with E-state index in [1.54, 1.807) is 0 Å². The highest BCUT2D eigenvalue weighted by molar-refractivity contribution is 6.62. The molecule has 0 radical (unpaired) electrons. The summed E-state index contributed by atoms with van der Waals surface area (Å²) in [6.07, 6.45) is 0. The van der Waals surface area contributed by atoms with E-state index in [-0.39, 0.29) is 0 Å². The molecule has 3 aliphatic rings. The zero-order valence-corrected chi connectivity index (χ0v) is 27.3. The summed E-state index contributed by atoms with van der Waals surface area (Å²) in [5.41, 5.74) is 12.3. The molecule has 228 valence electrons. The van der Waals surface area contributed by atoms with Crippen molar-refractivity contribution < 1.29 is 9.31 Å². The highest BCUT2D eigenvalue weighted by Gasteiger charge is 2.58. The second-order valence-electron chi connectivity index (χ2n) is 14.3. The molecule has 2 unspecified atom stereocenters. The summed E-state index contributed by atoms with van der Waals surface area (Å²) in [5, 5.41) is 0. The van der Waals surface area contributed by atoms with Crippen molar-refractivity contribution in [1.29, 1.82) is 0 Å². The number of fused-ring (bicyclic) bond motifs is 5. The van der Waals surface area contributed by atoms with Crippen molar-refractivity contribution in [1.82, 2.24) is 0 Å². The fourth-order valence-electron chi connectivity index (χ4n) is 8.72. The van der Waals surface area contributed by atoms with Crippen molar-refractivity contribution in [2.45, 2.75) is 49.7 Å². The smallest absolute Gasteiger partial charge is 0.399 e. The fourth-order valence-corrected chi connectivity index (χ4v) is 8.72. The normalized spacial score (nSPS) is 22.8. The first-order chi connectivity index (χ1) is 22.8. The Kier molecular flexibility index (Phi) is 6.01. The molecule has 2 atom stereocenters. The van der Waals surface area contributed by atoms with Gasteiger partial charge in [0.25, 0.3) is 0 Å². The van der Waals surface area contributed by atoms with Gasteiger partial charge < -0.3 is 9.31 Å². The molecule has 2 aliphatic carbocycles. The lowest BCUT2D eigenvalue weighted by Gasteiger charge is -2.49. The minimum Gasteiger partial charge on any atom is -0.399 e. The van der Waals surface area contributed by atoms with E-state index >= 15 is 0 Å². The van der Waals surface area contributed by atoms with Gasteiger partial charge in [-0.15, -0.1) is 0 Å². The molecule has 0 saturated carbocycles. The lowest BCUT2D eigenvalue weighted by atomic mass is 9.51. The van der Waals surface area contributed by atoms with Crippen molar-refractivity contribution in [3.63, 3.8) is 0 Å². The van der Waals surface area contributed by atoms with Crippen molar-refractivity contribution in [3.05, 3.63) is 196 Å². The molecule has 0 spiro atoms. The van der Waals surface area contributed by atoms with Gasteiger partial charge in [-0.1, -0.05) is 152 Å². The van der Waals surface area contributed by atoms with Gasteiger partial charge >= 0.3 is 7.12 Å². The van der Waals surface area contributed by atoms with Crippen LogP contribution in [0.1, 0.15) is 72.2 Å². The zero-order valence-electron chi connectivity index (χ0n) is 27.3. The topological polar surface area (TPSA) is 18.5 Å². The highest BCUT2D eigenvalue weighted by atomic mass is 16.7. The third-order valence-electron chi connectivity index (χ3n) is 11.5. The number of benzene rings is 6. The molecule has 0 bridgehead atoms. The van der Waals surface area contributed by atoms with Gasteiger partial charge in [0, 0.05) is 0 Å². The number of hydrogen-bond donors (Lipinski definition) is 0. The fraction of sp³-hybridized carbons (Fsp3) is 0.182. The molecule has 0 N–H and O–H groups in total. The van der Waals surface area contributed by atoms with E-state index in [9.17, 15) is 0 Å². The second kappa shape index (κ2) is 9.91. The summed E-state index contributed by atoms with van der Waals surface area (Å²) in [7, 11) is -0.415. The van der Waals surface area contributed by atoms with Crippen LogP contribution in [0.25, 0.3) is 11.1 Å². The first-order valence-corrected chi connectivity index (χ1v) is 16.7. The lowest BCUT2D eigenvalue weighted by Crippen LogP contribution is -2.44. The molecule has 1 fully saturated rings. The molecule has 6 aromatic carbocycles. The van der Waals surface area contributed by atoms with Gasteiger partial charge in [-0.3, -0.25) is 0 Å². The van der Waals surface area contributed by atoms with Gasteiger partial charge in [-0.25, -0.2) is 0 Å². The molecule has 1 heterocycles. The molecule has 0 amide bonds. The van der Waals surface area contributed by atoms with Gasteiger partial charge in [0.15, 0.2) is 0 Å². The molecule has 9 rings (SSSR count). The van der Waals surface area contributed by atoms with Gasteiger partial charge in [-0.2, -0.15) is 0 Å². The minimum atomic E-state index is -0.558. The van der Waals surface area contributed by atoms with Crippen LogP contribution < -0.4 is 5.46 Å². The Hall–Kier alpha value is -4.70.